The van der Waals surface area contributed by atoms with Crippen molar-refractivity contribution in [3.8, 4) is 0 Å². The highest BCUT2D eigenvalue weighted by Crippen LogP contribution is 2.26. The number of carbonyl (C=O) groups is 1. The Morgan fingerprint density at radius 3 is 1.52 bits per heavy atom. The summed E-state index contributed by atoms with van der Waals surface area (Å²) in [6.07, 6.45) is 30.5. The lowest BCUT2D eigenvalue weighted by atomic mass is 9.98. The number of hydrogen-bond donors (Lipinski definition) is 7. The van der Waals surface area contributed by atoms with Crippen LogP contribution in [0.25, 0.3) is 0 Å². The molecule has 14 nitrogen and oxygen atoms in total. The van der Waals surface area contributed by atoms with E-state index in [0.29, 0.717) is 13.0 Å². The summed E-state index contributed by atoms with van der Waals surface area (Å²) in [6, 6.07) is 0. The van der Waals surface area contributed by atoms with Gasteiger partial charge in [0.05, 0.1) is 26.4 Å². The summed E-state index contributed by atoms with van der Waals surface area (Å²) in [5, 5.41) is 72.0. The first-order chi connectivity index (χ1) is 32.6. The highest BCUT2D eigenvalue weighted by molar-refractivity contribution is 5.69. The summed E-state index contributed by atoms with van der Waals surface area (Å²) in [5.41, 5.74) is 0. The quantitative estimate of drug-likeness (QED) is 0.0176. The number of ether oxygens (including phenoxy) is 6. The Morgan fingerprint density at radius 2 is 0.970 bits per heavy atom. The van der Waals surface area contributed by atoms with Crippen LogP contribution in [0.3, 0.4) is 0 Å². The lowest BCUT2D eigenvalue weighted by Gasteiger charge is -2.42. The summed E-state index contributed by atoms with van der Waals surface area (Å²) in [4.78, 5) is 13.0. The van der Waals surface area contributed by atoms with Crippen LogP contribution in [-0.2, 0) is 33.2 Å². The van der Waals surface area contributed by atoms with Crippen LogP contribution in [0, 0.1) is 0 Å². The normalized spacial score (nSPS) is 26.5. The maximum Gasteiger partial charge on any atom is 0.306 e. The van der Waals surface area contributed by atoms with Crippen LogP contribution < -0.4 is 0 Å². The summed E-state index contributed by atoms with van der Waals surface area (Å²) < 4.78 is 34.2. The van der Waals surface area contributed by atoms with Crippen molar-refractivity contribution in [1.29, 1.82) is 0 Å². The van der Waals surface area contributed by atoms with Gasteiger partial charge < -0.3 is 64.2 Å². The van der Waals surface area contributed by atoms with Crippen LogP contribution in [0.4, 0.5) is 0 Å². The molecule has 2 aliphatic rings. The minimum atomic E-state index is -1.70. The molecule has 0 aromatic rings. The molecule has 0 spiro atoms. The molecule has 0 bridgehead atoms. The van der Waals surface area contributed by atoms with Gasteiger partial charge in [0.15, 0.2) is 12.6 Å². The largest absolute Gasteiger partial charge is 0.457 e. The van der Waals surface area contributed by atoms with Gasteiger partial charge in [0.1, 0.15) is 54.9 Å². The first-order valence-corrected chi connectivity index (χ1v) is 26.2. The molecule has 390 valence electrons. The van der Waals surface area contributed by atoms with E-state index < -0.39 is 80.7 Å². The molecule has 2 fully saturated rings. The van der Waals surface area contributed by atoms with Gasteiger partial charge in [-0.25, -0.2) is 0 Å². The first-order valence-electron chi connectivity index (χ1n) is 26.2. The van der Waals surface area contributed by atoms with Crippen molar-refractivity contribution in [3.63, 3.8) is 0 Å². The third kappa shape index (κ3) is 28.4. The van der Waals surface area contributed by atoms with E-state index in [1.54, 1.807) is 0 Å². The van der Waals surface area contributed by atoms with E-state index >= 15 is 0 Å². The highest BCUT2D eigenvalue weighted by atomic mass is 16.7. The monoisotopic (exact) mass is 955 g/mol. The van der Waals surface area contributed by atoms with Gasteiger partial charge in [-0.05, 0) is 51.4 Å². The smallest absolute Gasteiger partial charge is 0.306 e. The van der Waals surface area contributed by atoms with E-state index in [1.165, 1.54) is 83.5 Å². The van der Waals surface area contributed by atoms with Gasteiger partial charge in [-0.1, -0.05) is 172 Å². The zero-order valence-electron chi connectivity index (χ0n) is 41.4. The van der Waals surface area contributed by atoms with Gasteiger partial charge in [-0.2, -0.15) is 0 Å². The minimum absolute atomic E-state index is 0.0614. The van der Waals surface area contributed by atoms with Gasteiger partial charge in [0.2, 0.25) is 0 Å². The molecule has 67 heavy (non-hydrogen) atoms. The van der Waals surface area contributed by atoms with Gasteiger partial charge in [-0.3, -0.25) is 4.79 Å². The molecule has 0 aromatic heterocycles. The molecule has 11 unspecified atom stereocenters. The topological polar surface area (TPSA) is 214 Å². The fourth-order valence-corrected chi connectivity index (χ4v) is 8.10. The van der Waals surface area contributed by atoms with E-state index in [2.05, 4.69) is 62.5 Å². The van der Waals surface area contributed by atoms with Crippen molar-refractivity contribution in [2.45, 2.75) is 248 Å². The van der Waals surface area contributed by atoms with Crippen LogP contribution in [-0.4, -0.2) is 142 Å². The average Bonchev–Trinajstić information content (AvgIpc) is 3.32. The second-order valence-electron chi connectivity index (χ2n) is 18.3. The van der Waals surface area contributed by atoms with Gasteiger partial charge in [-0.15, -0.1) is 0 Å². The van der Waals surface area contributed by atoms with Crippen molar-refractivity contribution in [2.24, 2.45) is 0 Å². The van der Waals surface area contributed by atoms with Crippen LogP contribution in [0.5, 0.6) is 0 Å². The Balaban J connectivity index is 1.66. The molecule has 0 aliphatic carbocycles. The van der Waals surface area contributed by atoms with Crippen molar-refractivity contribution >= 4 is 5.97 Å². The molecular weight excluding hydrogens is 861 g/mol. The summed E-state index contributed by atoms with van der Waals surface area (Å²) in [7, 11) is 0. The van der Waals surface area contributed by atoms with Gasteiger partial charge in [0, 0.05) is 13.0 Å². The maximum absolute atomic E-state index is 13.0. The number of unbranched alkanes of at least 4 members (excludes halogenated alkanes) is 19. The van der Waals surface area contributed by atoms with Crippen LogP contribution in [0.15, 0.2) is 48.6 Å². The lowest BCUT2D eigenvalue weighted by Crippen LogP contribution is -2.61. The third-order valence-electron chi connectivity index (χ3n) is 12.4. The second kappa shape index (κ2) is 40.7. The Hall–Kier alpha value is -2.05. The fourth-order valence-electron chi connectivity index (χ4n) is 8.10. The summed E-state index contributed by atoms with van der Waals surface area (Å²) in [5.74, 6) is -0.380. The van der Waals surface area contributed by atoms with E-state index in [1.807, 2.05) is 0 Å². The summed E-state index contributed by atoms with van der Waals surface area (Å²) in [6.45, 7) is 3.55. The first kappa shape index (κ1) is 61.1. The Bertz CT molecular complexity index is 1290. The predicted molar refractivity (Wildman–Crippen MR) is 261 cm³/mol. The standard InChI is InChI=1S/C53H94O14/c1-3-5-7-9-11-13-14-15-16-17-18-19-20-21-22-23-24-25-26-27-28-29-30-32-34-36-45(55)65-42(39-62-37-35-33-31-12-10-8-6-4-2)40-63-52-51(61)49(59)47(57)44(67-52)41-64-53-50(60)48(58)46(56)43(38-54)66-53/h5,7,11,13,15-16,18-19,42-44,46-54,56-61H,3-4,6,8-10,12,14,17,20-41H2,1-2H3/b7-5-,13-11-,16-15-,19-18-. The molecule has 11 atom stereocenters. The van der Waals surface area contributed by atoms with E-state index in [4.69, 9.17) is 28.4 Å². The zero-order chi connectivity index (χ0) is 48.7. The number of rotatable bonds is 41. The van der Waals surface area contributed by atoms with Gasteiger partial charge in [0.25, 0.3) is 0 Å². The molecule has 2 rings (SSSR count). The molecule has 0 radical (unpaired) electrons. The van der Waals surface area contributed by atoms with E-state index in [-0.39, 0.29) is 25.6 Å². The molecule has 2 aliphatic heterocycles. The van der Waals surface area contributed by atoms with Gasteiger partial charge >= 0.3 is 5.97 Å². The van der Waals surface area contributed by atoms with Crippen molar-refractivity contribution in [3.05, 3.63) is 48.6 Å². The number of carbonyl (C=O) groups excluding carboxylic acids is 1. The van der Waals surface area contributed by atoms with E-state index in [0.717, 1.165) is 70.6 Å². The SMILES string of the molecule is CC/C=C\C/C=C\C/C=C\C/C=C\CCCCCCCCCCCCCCC(=O)OC(COCCCCCCCCCC)COC1OC(COC2OC(CO)C(O)C(O)C2O)C(O)C(O)C1O. The molecule has 0 saturated carbocycles. The van der Waals surface area contributed by atoms with Crippen LogP contribution >= 0.6 is 0 Å². The lowest BCUT2D eigenvalue weighted by molar-refractivity contribution is -0.332. The zero-order valence-corrected chi connectivity index (χ0v) is 41.4. The number of aliphatic hydroxyl groups excluding tert-OH is 7. The van der Waals surface area contributed by atoms with Crippen molar-refractivity contribution < 1.29 is 69.0 Å². The number of esters is 1. The third-order valence-corrected chi connectivity index (χ3v) is 12.4. The highest BCUT2D eigenvalue weighted by Gasteiger charge is 2.47. The molecule has 7 N–H and O–H groups in total. The molecule has 2 heterocycles. The maximum atomic E-state index is 13.0. The minimum Gasteiger partial charge on any atom is -0.457 e. The average molecular weight is 955 g/mol. The molecule has 0 aromatic carbocycles. The molecule has 14 heteroatoms. The fraction of sp³-hybridized carbons (Fsp3) is 0.830. The Kier molecular flexibility index (Phi) is 37.1. The predicted octanol–water partition coefficient (Wildman–Crippen LogP) is 7.96. The molecule has 0 amide bonds. The van der Waals surface area contributed by atoms with Crippen LogP contribution in [0.1, 0.15) is 181 Å². The van der Waals surface area contributed by atoms with Crippen molar-refractivity contribution in [1.82, 2.24) is 0 Å². The molecular formula is C53H94O14. The van der Waals surface area contributed by atoms with Crippen LogP contribution in [0.2, 0.25) is 0 Å². The Morgan fingerprint density at radius 1 is 0.507 bits per heavy atom. The number of allylic oxidation sites excluding steroid dienone is 8. The number of hydrogen-bond acceptors (Lipinski definition) is 14. The second-order valence-corrected chi connectivity index (χ2v) is 18.3. The van der Waals surface area contributed by atoms with Crippen molar-refractivity contribution in [2.75, 3.05) is 33.0 Å². The molecule has 2 saturated heterocycles. The Labute approximate surface area is 403 Å². The summed E-state index contributed by atoms with van der Waals surface area (Å²) >= 11 is 0. The number of aliphatic hydroxyl groups is 7. The van der Waals surface area contributed by atoms with E-state index in [9.17, 15) is 40.5 Å².